The van der Waals surface area contributed by atoms with Crippen LogP contribution in [0.4, 0.5) is 4.39 Å². The van der Waals surface area contributed by atoms with Gasteiger partial charge in [0.2, 0.25) is 0 Å². The van der Waals surface area contributed by atoms with E-state index in [0.717, 1.165) is 25.7 Å². The van der Waals surface area contributed by atoms with Crippen molar-refractivity contribution in [1.82, 2.24) is 5.32 Å². The molecule has 0 aliphatic rings. The number of hydrogen-bond acceptors (Lipinski definition) is 1. The Morgan fingerprint density at radius 1 is 1.29 bits per heavy atom. The summed E-state index contributed by atoms with van der Waals surface area (Å²) in [6, 6.07) is 9.29. The summed E-state index contributed by atoms with van der Waals surface area (Å²) in [4.78, 5) is 0. The summed E-state index contributed by atoms with van der Waals surface area (Å²) in [7, 11) is 0. The molecule has 1 nitrogen and oxygen atoms in total. The van der Waals surface area contributed by atoms with Crippen LogP contribution in [0.25, 0.3) is 0 Å². The van der Waals surface area contributed by atoms with Crippen LogP contribution in [0.1, 0.15) is 29.7 Å². The van der Waals surface area contributed by atoms with E-state index in [0.29, 0.717) is 10.6 Å². The molecule has 0 aromatic heterocycles. The number of aryl methyl sites for hydroxylation is 1. The molecule has 1 N–H and O–H groups in total. The maximum Gasteiger partial charge on any atom is 0.127 e. The predicted molar refractivity (Wildman–Crippen MR) is 98.5 cm³/mol. The van der Waals surface area contributed by atoms with Gasteiger partial charge in [0, 0.05) is 13.1 Å². The lowest BCUT2D eigenvalue weighted by molar-refractivity contribution is 0.606. The normalized spacial score (nSPS) is 12.5. The van der Waals surface area contributed by atoms with Crippen LogP contribution in [0.15, 0.2) is 34.8 Å². The Labute approximate surface area is 151 Å². The predicted octanol–water partition coefficient (Wildman–Crippen LogP) is 5.85. The summed E-state index contributed by atoms with van der Waals surface area (Å²) in [5.41, 5.74) is 2.58. The molecule has 0 radical (unpaired) electrons. The number of nitrogens with one attached hydrogen (secondary N) is 1. The molecule has 0 spiro atoms. The molecule has 0 amide bonds. The number of rotatable bonds is 4. The Kier molecular flexibility index (Phi) is 6.05. The van der Waals surface area contributed by atoms with E-state index in [4.69, 9.17) is 11.6 Å². The molecule has 112 valence electrons. The van der Waals surface area contributed by atoms with Gasteiger partial charge in [0.15, 0.2) is 0 Å². The Hall–Kier alpha value is -0.170. The maximum atomic E-state index is 13.6. The average Bonchev–Trinajstić information content (AvgIpc) is 2.43. The molecule has 2 aromatic carbocycles. The highest BCUT2D eigenvalue weighted by molar-refractivity contribution is 14.1. The van der Waals surface area contributed by atoms with Gasteiger partial charge in [-0.15, -0.1) is 0 Å². The fourth-order valence-corrected chi connectivity index (χ4v) is 3.48. The third-order valence-corrected chi connectivity index (χ3v) is 4.99. The van der Waals surface area contributed by atoms with Crippen LogP contribution in [0.3, 0.4) is 0 Å². The zero-order valence-corrected chi connectivity index (χ0v) is 16.2. The van der Waals surface area contributed by atoms with E-state index in [9.17, 15) is 4.39 Å². The zero-order valence-electron chi connectivity index (χ0n) is 11.7. The lowest BCUT2D eigenvalue weighted by Crippen LogP contribution is -2.23. The summed E-state index contributed by atoms with van der Waals surface area (Å²) >= 11 is 12.2. The van der Waals surface area contributed by atoms with Crippen LogP contribution in [-0.2, 0) is 0 Å². The summed E-state index contributed by atoms with van der Waals surface area (Å²) in [6.45, 7) is 4.58. The van der Waals surface area contributed by atoms with E-state index in [1.807, 2.05) is 25.1 Å². The van der Waals surface area contributed by atoms with Crippen molar-refractivity contribution in [3.63, 3.8) is 0 Å². The van der Waals surface area contributed by atoms with Crippen molar-refractivity contribution in [3.8, 4) is 0 Å². The first kappa shape index (κ1) is 17.2. The quantitative estimate of drug-likeness (QED) is 0.539. The van der Waals surface area contributed by atoms with Gasteiger partial charge in [-0.2, -0.15) is 0 Å². The number of benzene rings is 2. The molecule has 0 fully saturated rings. The molecule has 1 unspecified atom stereocenters. The second-order valence-corrected chi connectivity index (χ2v) is 7.29. The molecular formula is C16H15BrClFIN. The highest BCUT2D eigenvalue weighted by atomic mass is 127. The number of hydrogen-bond donors (Lipinski definition) is 1. The van der Waals surface area contributed by atoms with Crippen LogP contribution < -0.4 is 5.32 Å². The second kappa shape index (κ2) is 7.40. The molecule has 2 rings (SSSR count). The van der Waals surface area contributed by atoms with Gasteiger partial charge in [-0.25, -0.2) is 4.39 Å². The van der Waals surface area contributed by atoms with E-state index < -0.39 is 0 Å². The lowest BCUT2D eigenvalue weighted by Gasteiger charge is -2.22. The molecule has 21 heavy (non-hydrogen) atoms. The topological polar surface area (TPSA) is 12.0 Å². The first-order valence-electron chi connectivity index (χ1n) is 6.58. The Bertz CT molecular complexity index is 663. The molecule has 0 heterocycles. The van der Waals surface area contributed by atoms with E-state index >= 15 is 0 Å². The molecule has 5 heteroatoms. The lowest BCUT2D eigenvalue weighted by atomic mass is 9.97. The van der Waals surface area contributed by atoms with Gasteiger partial charge in [0.05, 0.1) is 6.04 Å². The minimum Gasteiger partial charge on any atom is -0.306 e. The largest absolute Gasteiger partial charge is 0.306 e. The first-order valence-corrected chi connectivity index (χ1v) is 8.83. The second-order valence-electron chi connectivity index (χ2n) is 4.78. The maximum absolute atomic E-state index is 13.6. The van der Waals surface area contributed by atoms with Crippen molar-refractivity contribution in [1.29, 1.82) is 0 Å². The van der Waals surface area contributed by atoms with Crippen LogP contribution in [-0.4, -0.2) is 6.54 Å². The highest BCUT2D eigenvalue weighted by Crippen LogP contribution is 2.34. The van der Waals surface area contributed by atoms with Gasteiger partial charge >= 0.3 is 0 Å². The third kappa shape index (κ3) is 3.97. The average molecular weight is 483 g/mol. The molecule has 0 saturated carbocycles. The van der Waals surface area contributed by atoms with E-state index in [2.05, 4.69) is 49.9 Å². The van der Waals surface area contributed by atoms with Crippen molar-refractivity contribution in [2.24, 2.45) is 0 Å². The molecule has 0 bridgehead atoms. The summed E-state index contributed by atoms with van der Waals surface area (Å²) in [5, 5.41) is 3.87. The molecule has 0 aliphatic heterocycles. The summed E-state index contributed by atoms with van der Waals surface area (Å²) in [5.74, 6) is -0.277. The molecular weight excluding hydrogens is 467 g/mol. The van der Waals surface area contributed by atoms with E-state index in [1.165, 1.54) is 6.07 Å². The fourth-order valence-electron chi connectivity index (χ4n) is 2.23. The fraction of sp³-hybridized carbons (Fsp3) is 0.250. The zero-order chi connectivity index (χ0) is 15.6. The van der Waals surface area contributed by atoms with E-state index in [-0.39, 0.29) is 11.9 Å². The van der Waals surface area contributed by atoms with Crippen molar-refractivity contribution in [3.05, 3.63) is 65.9 Å². The van der Waals surface area contributed by atoms with Gasteiger partial charge < -0.3 is 5.32 Å². The minimum absolute atomic E-state index is 0.0779. The first-order chi connectivity index (χ1) is 9.93. The summed E-state index contributed by atoms with van der Waals surface area (Å²) in [6.07, 6.45) is 0. The molecule has 2 aromatic rings. The smallest absolute Gasteiger partial charge is 0.127 e. The monoisotopic (exact) mass is 481 g/mol. The van der Waals surface area contributed by atoms with Gasteiger partial charge in [-0.1, -0.05) is 34.5 Å². The van der Waals surface area contributed by atoms with Crippen LogP contribution in [0.2, 0.25) is 5.02 Å². The third-order valence-electron chi connectivity index (χ3n) is 3.27. The SMILES string of the molecule is CCNC(c1cc(C)c(F)cc1Cl)c1cc(I)ccc1Br. The Balaban J connectivity index is 2.58. The van der Waals surface area contributed by atoms with Crippen molar-refractivity contribution >= 4 is 50.1 Å². The minimum atomic E-state index is -0.277. The van der Waals surface area contributed by atoms with Gasteiger partial charge in [-0.05, 0) is 83.1 Å². The molecule has 0 saturated heterocycles. The standard InChI is InChI=1S/C16H15BrClFIN/c1-3-21-16(11-7-10(20)4-5-13(11)17)12-6-9(2)15(19)8-14(12)18/h4-8,16,21H,3H2,1-2H3. The van der Waals surface area contributed by atoms with Crippen LogP contribution in [0.5, 0.6) is 0 Å². The van der Waals surface area contributed by atoms with Gasteiger partial charge in [0.1, 0.15) is 5.82 Å². The van der Waals surface area contributed by atoms with Crippen molar-refractivity contribution in [2.45, 2.75) is 19.9 Å². The summed E-state index contributed by atoms with van der Waals surface area (Å²) < 4.78 is 15.8. The highest BCUT2D eigenvalue weighted by Gasteiger charge is 2.20. The molecule has 0 aliphatic carbocycles. The van der Waals surface area contributed by atoms with Crippen molar-refractivity contribution < 1.29 is 4.39 Å². The van der Waals surface area contributed by atoms with E-state index in [1.54, 1.807) is 6.92 Å². The van der Waals surface area contributed by atoms with Gasteiger partial charge in [-0.3, -0.25) is 0 Å². The number of halogens is 4. The van der Waals surface area contributed by atoms with Crippen LogP contribution in [0, 0.1) is 16.3 Å². The Morgan fingerprint density at radius 3 is 2.67 bits per heavy atom. The molecule has 1 atom stereocenters. The van der Waals surface area contributed by atoms with Gasteiger partial charge in [0.25, 0.3) is 0 Å². The van der Waals surface area contributed by atoms with Crippen LogP contribution >= 0.6 is 50.1 Å². The van der Waals surface area contributed by atoms with Crippen molar-refractivity contribution in [2.75, 3.05) is 6.54 Å². The Morgan fingerprint density at radius 2 is 2.00 bits per heavy atom.